The van der Waals surface area contributed by atoms with Crippen molar-refractivity contribution in [3.05, 3.63) is 53.1 Å². The number of aryl methyl sites for hydroxylation is 2. The summed E-state index contributed by atoms with van der Waals surface area (Å²) in [6.45, 7) is 4.03. The molecule has 2 aliphatic rings. The minimum Gasteiger partial charge on any atom is -0.450 e. The van der Waals surface area contributed by atoms with E-state index in [9.17, 15) is 9.59 Å². The summed E-state index contributed by atoms with van der Waals surface area (Å²) in [5.41, 5.74) is 5.36. The fourth-order valence-electron chi connectivity index (χ4n) is 4.81. The summed E-state index contributed by atoms with van der Waals surface area (Å²) >= 11 is 0. The zero-order chi connectivity index (χ0) is 20.8. The number of nitrogens with zero attached hydrogens (tertiary/aromatic N) is 1. The van der Waals surface area contributed by atoms with Crippen molar-refractivity contribution < 1.29 is 14.3 Å². The van der Waals surface area contributed by atoms with E-state index in [1.54, 1.807) is 0 Å². The third-order valence-corrected chi connectivity index (χ3v) is 6.52. The fourth-order valence-corrected chi connectivity index (χ4v) is 4.81. The van der Waals surface area contributed by atoms with Crippen LogP contribution in [0.5, 0.6) is 0 Å². The van der Waals surface area contributed by atoms with Crippen molar-refractivity contribution in [3.63, 3.8) is 0 Å². The van der Waals surface area contributed by atoms with Gasteiger partial charge in [-0.1, -0.05) is 30.7 Å². The molecule has 1 spiro atoms. The van der Waals surface area contributed by atoms with Crippen LogP contribution in [0.1, 0.15) is 54.7 Å². The summed E-state index contributed by atoms with van der Waals surface area (Å²) in [4.78, 5) is 28.1. The van der Waals surface area contributed by atoms with Crippen LogP contribution in [0, 0.1) is 13.8 Å². The van der Waals surface area contributed by atoms with E-state index in [0.29, 0.717) is 12.8 Å². The highest BCUT2D eigenvalue weighted by molar-refractivity contribution is 6.13. The summed E-state index contributed by atoms with van der Waals surface area (Å²) in [6.07, 6.45) is 4.35. The minimum atomic E-state index is -0.874. The average Bonchev–Trinajstić information content (AvgIpc) is 2.93. The van der Waals surface area contributed by atoms with Crippen molar-refractivity contribution in [1.82, 2.24) is 0 Å². The van der Waals surface area contributed by atoms with Crippen molar-refractivity contribution in [2.45, 2.75) is 57.5 Å². The van der Waals surface area contributed by atoms with Gasteiger partial charge in [-0.05, 0) is 79.5 Å². The monoisotopic (exact) mass is 391 g/mol. The molecule has 4 heteroatoms. The Balaban J connectivity index is 1.68. The van der Waals surface area contributed by atoms with Gasteiger partial charge in [-0.15, -0.1) is 0 Å². The molecule has 1 heterocycles. The van der Waals surface area contributed by atoms with Crippen LogP contribution < -0.4 is 4.90 Å². The number of esters is 1. The van der Waals surface area contributed by atoms with E-state index in [1.165, 1.54) is 0 Å². The molecule has 1 aliphatic carbocycles. The maximum absolute atomic E-state index is 13.3. The van der Waals surface area contributed by atoms with Gasteiger partial charge in [0, 0.05) is 19.8 Å². The number of hydrogen-bond donors (Lipinski definition) is 0. The largest absolute Gasteiger partial charge is 0.450 e. The number of carbonyl (C=O) groups excluding carboxylic acids is 2. The van der Waals surface area contributed by atoms with Crippen LogP contribution in [0.3, 0.4) is 0 Å². The third kappa shape index (κ3) is 3.35. The molecule has 2 fully saturated rings. The van der Waals surface area contributed by atoms with E-state index in [2.05, 4.69) is 35.2 Å². The number of ether oxygens (including phenoxy) is 1. The number of anilines is 1. The molecule has 0 radical (unpaired) electrons. The number of hydrogen-bond acceptors (Lipinski definition) is 4. The van der Waals surface area contributed by atoms with Crippen molar-refractivity contribution >= 4 is 17.4 Å². The molecular formula is C25H29NO3. The van der Waals surface area contributed by atoms with Gasteiger partial charge >= 0.3 is 5.97 Å². The first kappa shape index (κ1) is 19.7. The highest BCUT2D eigenvalue weighted by atomic mass is 16.6. The first-order valence-electron chi connectivity index (χ1n) is 10.5. The average molecular weight is 392 g/mol. The van der Waals surface area contributed by atoms with E-state index < -0.39 is 11.5 Å². The third-order valence-electron chi connectivity index (χ3n) is 6.52. The predicted octanol–water partition coefficient (Wildman–Crippen LogP) is 4.95. The van der Waals surface area contributed by atoms with Gasteiger partial charge in [0.15, 0.2) is 11.4 Å². The van der Waals surface area contributed by atoms with E-state index in [0.717, 1.165) is 52.8 Å². The molecule has 1 unspecified atom stereocenters. The Morgan fingerprint density at radius 3 is 2.21 bits per heavy atom. The zero-order valence-electron chi connectivity index (χ0n) is 17.7. The van der Waals surface area contributed by atoms with Crippen LogP contribution in [0.25, 0.3) is 11.1 Å². The second-order valence-corrected chi connectivity index (χ2v) is 8.74. The van der Waals surface area contributed by atoms with Gasteiger partial charge in [-0.2, -0.15) is 0 Å². The first-order chi connectivity index (χ1) is 13.8. The topological polar surface area (TPSA) is 46.6 Å². The number of ketones is 1. The molecule has 1 aliphatic heterocycles. The summed E-state index contributed by atoms with van der Waals surface area (Å²) in [7, 11) is 4.05. The quantitative estimate of drug-likeness (QED) is 0.549. The van der Waals surface area contributed by atoms with Crippen molar-refractivity contribution in [3.8, 4) is 11.1 Å². The molecule has 0 N–H and O–H groups in total. The molecule has 1 saturated heterocycles. The molecule has 152 valence electrons. The molecule has 2 aromatic rings. The Kier molecular flexibility index (Phi) is 4.97. The molecule has 0 aromatic heterocycles. The highest BCUT2D eigenvalue weighted by Crippen LogP contribution is 2.44. The van der Waals surface area contributed by atoms with Crippen LogP contribution in [-0.2, 0) is 14.3 Å². The fraction of sp³-hybridized carbons (Fsp3) is 0.440. The SMILES string of the molecule is Cc1cc(C2C(=O)OC3(CCCCC3)C2=O)c(C)cc1-c1ccc(N(C)C)cc1. The zero-order valence-corrected chi connectivity index (χ0v) is 17.7. The van der Waals surface area contributed by atoms with E-state index >= 15 is 0 Å². The van der Waals surface area contributed by atoms with Crippen molar-refractivity contribution in [1.29, 1.82) is 0 Å². The van der Waals surface area contributed by atoms with Crippen molar-refractivity contribution in [2.75, 3.05) is 19.0 Å². The van der Waals surface area contributed by atoms with Crippen LogP contribution in [0.15, 0.2) is 36.4 Å². The summed E-state index contributed by atoms with van der Waals surface area (Å²) in [5.74, 6) is -1.19. The maximum atomic E-state index is 13.3. The molecule has 1 atom stereocenters. The van der Waals surface area contributed by atoms with Gasteiger partial charge < -0.3 is 9.64 Å². The molecule has 4 nitrogen and oxygen atoms in total. The van der Waals surface area contributed by atoms with Crippen LogP contribution in [0.2, 0.25) is 0 Å². The molecule has 1 saturated carbocycles. The van der Waals surface area contributed by atoms with Gasteiger partial charge in [-0.25, -0.2) is 0 Å². The van der Waals surface area contributed by atoms with E-state index in [4.69, 9.17) is 4.74 Å². The Bertz CT molecular complexity index is 953. The van der Waals surface area contributed by atoms with E-state index in [1.807, 2.05) is 34.0 Å². The lowest BCUT2D eigenvalue weighted by Crippen LogP contribution is -2.39. The number of rotatable bonds is 3. The molecular weight excluding hydrogens is 362 g/mol. The Morgan fingerprint density at radius 2 is 1.59 bits per heavy atom. The van der Waals surface area contributed by atoms with Crippen LogP contribution >= 0.6 is 0 Å². The Labute approximate surface area is 172 Å². The second kappa shape index (κ2) is 7.33. The van der Waals surface area contributed by atoms with Crippen LogP contribution in [-0.4, -0.2) is 31.4 Å². The smallest absolute Gasteiger partial charge is 0.322 e. The first-order valence-corrected chi connectivity index (χ1v) is 10.5. The van der Waals surface area contributed by atoms with Gasteiger partial charge in [0.2, 0.25) is 0 Å². The molecule has 0 amide bonds. The van der Waals surface area contributed by atoms with E-state index in [-0.39, 0.29) is 11.8 Å². The highest BCUT2D eigenvalue weighted by Gasteiger charge is 2.55. The molecule has 29 heavy (non-hydrogen) atoms. The summed E-state index contributed by atoms with van der Waals surface area (Å²) in [6, 6.07) is 12.5. The Hall–Kier alpha value is -2.62. The lowest BCUT2D eigenvalue weighted by molar-refractivity contribution is -0.154. The van der Waals surface area contributed by atoms with Gasteiger partial charge in [0.25, 0.3) is 0 Å². The van der Waals surface area contributed by atoms with Gasteiger partial charge in [0.1, 0.15) is 5.92 Å². The molecule has 2 aromatic carbocycles. The lowest BCUT2D eigenvalue weighted by atomic mass is 9.77. The van der Waals surface area contributed by atoms with Gasteiger partial charge in [-0.3, -0.25) is 9.59 Å². The normalized spacial score (nSPS) is 20.8. The maximum Gasteiger partial charge on any atom is 0.322 e. The summed E-state index contributed by atoms with van der Waals surface area (Å²) < 4.78 is 5.72. The molecule has 4 rings (SSSR count). The van der Waals surface area contributed by atoms with Gasteiger partial charge in [0.05, 0.1) is 0 Å². The minimum absolute atomic E-state index is 0.0345. The lowest BCUT2D eigenvalue weighted by Gasteiger charge is -2.30. The number of Topliss-reactive ketones (excluding diaryl/α,β-unsaturated/α-hetero) is 1. The number of carbonyl (C=O) groups is 2. The summed E-state index contributed by atoms with van der Waals surface area (Å²) in [5, 5.41) is 0. The molecule has 0 bridgehead atoms. The van der Waals surface area contributed by atoms with Crippen molar-refractivity contribution in [2.24, 2.45) is 0 Å². The second-order valence-electron chi connectivity index (χ2n) is 8.74. The predicted molar refractivity (Wildman–Crippen MR) is 115 cm³/mol. The number of benzene rings is 2. The Morgan fingerprint density at radius 1 is 0.931 bits per heavy atom. The van der Waals surface area contributed by atoms with Crippen LogP contribution in [0.4, 0.5) is 5.69 Å². The standard InChI is InChI=1S/C25H29NO3/c1-16-15-21(22-23(27)25(29-24(22)28)12-6-5-7-13-25)17(2)14-20(16)18-8-10-19(11-9-18)26(3)4/h8-11,14-15,22H,5-7,12-13H2,1-4H3.